The number of aromatic nitrogens is 2. The highest BCUT2D eigenvalue weighted by Gasteiger charge is 2.38. The van der Waals surface area contributed by atoms with Crippen LogP contribution < -0.4 is 10.1 Å². The summed E-state index contributed by atoms with van der Waals surface area (Å²) in [6.45, 7) is 0. The smallest absolute Gasteiger partial charge is 0.433 e. The largest absolute Gasteiger partial charge is 0.497 e. The van der Waals surface area contributed by atoms with Crippen LogP contribution in [-0.2, 0) is 6.18 Å². The van der Waals surface area contributed by atoms with Crippen molar-refractivity contribution in [1.29, 1.82) is 0 Å². The number of aromatic amines is 1. The normalized spacial score (nSPS) is 11.2. The number of methoxy groups -OCH3 is 1. The molecule has 150 valence electrons. The fraction of sp³-hybridized carbons (Fsp3) is 0.111. The molecule has 3 aromatic rings. The highest BCUT2D eigenvalue weighted by Crippen LogP contribution is 2.39. The van der Waals surface area contributed by atoms with Gasteiger partial charge in [0, 0.05) is 6.07 Å². The Labute approximate surface area is 161 Å². The van der Waals surface area contributed by atoms with Crippen LogP contribution in [0.4, 0.5) is 24.7 Å². The van der Waals surface area contributed by atoms with E-state index in [2.05, 4.69) is 10.4 Å². The van der Waals surface area contributed by atoms with Gasteiger partial charge in [-0.25, -0.2) is 0 Å². The molecule has 0 aliphatic rings. The molecule has 1 amide bonds. The van der Waals surface area contributed by atoms with Crippen molar-refractivity contribution in [3.05, 3.63) is 69.9 Å². The summed E-state index contributed by atoms with van der Waals surface area (Å²) in [6.07, 6.45) is -4.76. The minimum atomic E-state index is -4.76. The van der Waals surface area contributed by atoms with Crippen LogP contribution in [0.1, 0.15) is 16.1 Å². The molecule has 0 saturated carbocycles. The highest BCUT2D eigenvalue weighted by atomic mass is 19.4. The maximum Gasteiger partial charge on any atom is 0.433 e. The second kappa shape index (κ2) is 7.62. The third kappa shape index (κ3) is 4.03. The van der Waals surface area contributed by atoms with E-state index in [1.165, 1.54) is 37.4 Å². The summed E-state index contributed by atoms with van der Waals surface area (Å²) in [5, 5.41) is 18.9. The van der Waals surface area contributed by atoms with E-state index in [9.17, 15) is 28.1 Å². The van der Waals surface area contributed by atoms with Gasteiger partial charge in [-0.05, 0) is 17.7 Å². The third-order valence-corrected chi connectivity index (χ3v) is 3.99. The second-order valence-corrected chi connectivity index (χ2v) is 5.78. The Kier molecular flexibility index (Phi) is 5.22. The molecule has 0 fully saturated rings. The van der Waals surface area contributed by atoms with Crippen molar-refractivity contribution in [2.75, 3.05) is 12.4 Å². The van der Waals surface area contributed by atoms with Crippen LogP contribution in [0.3, 0.4) is 0 Å². The first-order valence-electron chi connectivity index (χ1n) is 8.07. The number of nitrogens with one attached hydrogen (secondary N) is 2. The molecule has 2 aromatic carbocycles. The fourth-order valence-electron chi connectivity index (χ4n) is 2.68. The lowest BCUT2D eigenvalue weighted by atomic mass is 10.0. The number of benzene rings is 2. The van der Waals surface area contributed by atoms with Gasteiger partial charge in [0.1, 0.15) is 17.0 Å². The van der Waals surface area contributed by atoms with Gasteiger partial charge in [0.05, 0.1) is 17.6 Å². The van der Waals surface area contributed by atoms with E-state index < -0.39 is 34.2 Å². The lowest BCUT2D eigenvalue weighted by Gasteiger charge is -2.10. The fourth-order valence-corrected chi connectivity index (χ4v) is 2.68. The number of alkyl halides is 3. The van der Waals surface area contributed by atoms with E-state index in [-0.39, 0.29) is 22.4 Å². The molecule has 0 spiro atoms. The summed E-state index contributed by atoms with van der Waals surface area (Å²) in [5.41, 5.74) is -2.29. The van der Waals surface area contributed by atoms with Crippen molar-refractivity contribution in [2.45, 2.75) is 6.18 Å². The molecular formula is C18H13F3N4O4. The van der Waals surface area contributed by atoms with Gasteiger partial charge in [-0.2, -0.15) is 18.3 Å². The zero-order chi connectivity index (χ0) is 21.2. The van der Waals surface area contributed by atoms with E-state index in [0.29, 0.717) is 0 Å². The number of rotatable bonds is 5. The molecule has 1 aromatic heterocycles. The number of nitro benzene ring substituents is 1. The number of hydrogen-bond acceptors (Lipinski definition) is 5. The number of carbonyl (C=O) groups excluding carboxylic acids is 1. The van der Waals surface area contributed by atoms with Crippen LogP contribution in [0, 0.1) is 10.1 Å². The van der Waals surface area contributed by atoms with Gasteiger partial charge in [0.15, 0.2) is 5.82 Å². The van der Waals surface area contributed by atoms with E-state index in [4.69, 9.17) is 4.74 Å². The third-order valence-electron chi connectivity index (χ3n) is 3.99. The van der Waals surface area contributed by atoms with Crippen LogP contribution in [0.15, 0.2) is 48.5 Å². The Hall–Kier alpha value is -3.89. The van der Waals surface area contributed by atoms with Crippen molar-refractivity contribution in [2.24, 2.45) is 0 Å². The van der Waals surface area contributed by atoms with Gasteiger partial charge in [-0.3, -0.25) is 20.0 Å². The number of carbonyl (C=O) groups is 1. The average molecular weight is 406 g/mol. The Balaban J connectivity index is 2.07. The number of anilines is 1. The zero-order valence-electron chi connectivity index (χ0n) is 14.8. The number of amides is 1. The van der Waals surface area contributed by atoms with Crippen LogP contribution in [-0.4, -0.2) is 28.1 Å². The molecule has 3 rings (SSSR count). The first kappa shape index (κ1) is 19.9. The predicted molar refractivity (Wildman–Crippen MR) is 96.6 cm³/mol. The summed E-state index contributed by atoms with van der Waals surface area (Å²) < 4.78 is 45.1. The molecule has 2 N–H and O–H groups in total. The van der Waals surface area contributed by atoms with E-state index in [1.54, 1.807) is 6.07 Å². The Morgan fingerprint density at radius 2 is 1.90 bits per heavy atom. The van der Waals surface area contributed by atoms with Gasteiger partial charge < -0.3 is 10.1 Å². The minimum absolute atomic E-state index is 0.156. The zero-order valence-corrected chi connectivity index (χ0v) is 14.8. The van der Waals surface area contributed by atoms with Crippen molar-refractivity contribution in [1.82, 2.24) is 10.2 Å². The standard InChI is InChI=1S/C18H13F3N4O4/c1-29-11-7-8-13(25(27)28)12(9-11)17(26)22-16-14(10-5-3-2-4-6-10)15(23-24-16)18(19,20)21/h2-9H,1H3,(H2,22,23,24,26). The molecule has 0 aliphatic heterocycles. The first-order chi connectivity index (χ1) is 13.7. The van der Waals surface area contributed by atoms with Gasteiger partial charge in [-0.1, -0.05) is 30.3 Å². The Bertz CT molecular complexity index is 1060. The van der Waals surface area contributed by atoms with E-state index in [1.807, 2.05) is 5.10 Å². The lowest BCUT2D eigenvalue weighted by molar-refractivity contribution is -0.385. The van der Waals surface area contributed by atoms with Crippen LogP contribution in [0.2, 0.25) is 0 Å². The molecule has 0 aliphatic carbocycles. The monoisotopic (exact) mass is 406 g/mol. The predicted octanol–water partition coefficient (Wildman–Crippen LogP) is 4.26. The Morgan fingerprint density at radius 1 is 1.21 bits per heavy atom. The minimum Gasteiger partial charge on any atom is -0.497 e. The molecule has 11 heteroatoms. The van der Waals surface area contributed by atoms with Crippen LogP contribution in [0.5, 0.6) is 5.75 Å². The summed E-state index contributed by atoms with van der Waals surface area (Å²) >= 11 is 0. The second-order valence-electron chi connectivity index (χ2n) is 5.78. The molecular weight excluding hydrogens is 393 g/mol. The van der Waals surface area contributed by atoms with Gasteiger partial charge in [-0.15, -0.1) is 0 Å². The molecule has 0 unspecified atom stereocenters. The Morgan fingerprint density at radius 3 is 2.48 bits per heavy atom. The van der Waals surface area contributed by atoms with Crippen molar-refractivity contribution in [3.8, 4) is 16.9 Å². The van der Waals surface area contributed by atoms with Gasteiger partial charge in [0.2, 0.25) is 0 Å². The quantitative estimate of drug-likeness (QED) is 0.486. The summed E-state index contributed by atoms with van der Waals surface area (Å²) in [4.78, 5) is 23.1. The number of nitrogens with zero attached hydrogens (tertiary/aromatic N) is 2. The number of ether oxygens (including phenoxy) is 1. The van der Waals surface area contributed by atoms with E-state index in [0.717, 1.165) is 12.1 Å². The molecule has 1 heterocycles. The summed E-state index contributed by atoms with van der Waals surface area (Å²) in [7, 11) is 1.31. The molecule has 8 nitrogen and oxygen atoms in total. The number of halogens is 3. The maximum atomic E-state index is 13.4. The number of nitro groups is 1. The van der Waals surface area contributed by atoms with Crippen LogP contribution >= 0.6 is 0 Å². The first-order valence-corrected chi connectivity index (χ1v) is 8.07. The van der Waals surface area contributed by atoms with Gasteiger partial charge >= 0.3 is 6.18 Å². The molecule has 29 heavy (non-hydrogen) atoms. The van der Waals surface area contributed by atoms with Crippen molar-refractivity contribution < 1.29 is 27.6 Å². The number of H-pyrrole nitrogens is 1. The molecule has 0 saturated heterocycles. The van der Waals surface area contributed by atoms with Crippen LogP contribution in [0.25, 0.3) is 11.1 Å². The molecule has 0 atom stereocenters. The summed E-state index contributed by atoms with van der Waals surface area (Å²) in [6, 6.07) is 11.0. The van der Waals surface area contributed by atoms with Crippen molar-refractivity contribution in [3.63, 3.8) is 0 Å². The molecule has 0 radical (unpaired) electrons. The maximum absolute atomic E-state index is 13.4. The van der Waals surface area contributed by atoms with E-state index >= 15 is 0 Å². The SMILES string of the molecule is COc1ccc([N+](=O)[O-])c(C(=O)Nc2n[nH]c(C(F)(F)F)c2-c2ccccc2)c1. The number of hydrogen-bond donors (Lipinski definition) is 2. The topological polar surface area (TPSA) is 110 Å². The van der Waals surface area contributed by atoms with Crippen molar-refractivity contribution >= 4 is 17.4 Å². The lowest BCUT2D eigenvalue weighted by Crippen LogP contribution is -2.15. The van der Waals surface area contributed by atoms with Gasteiger partial charge in [0.25, 0.3) is 11.6 Å². The highest BCUT2D eigenvalue weighted by molar-refractivity contribution is 6.08. The summed E-state index contributed by atoms with van der Waals surface area (Å²) in [5.74, 6) is -1.25. The molecule has 0 bridgehead atoms. The average Bonchev–Trinajstić information content (AvgIpc) is 3.12.